The Morgan fingerprint density at radius 2 is 2.20 bits per heavy atom. The first-order chi connectivity index (χ1) is 9.63. The van der Waals surface area contributed by atoms with E-state index in [1.54, 1.807) is 6.07 Å². The van der Waals surface area contributed by atoms with E-state index in [0.717, 1.165) is 22.4 Å². The number of likely N-dealkylation sites (N-methyl/N-ethyl adjacent to an activating group) is 1. The molecule has 0 radical (unpaired) electrons. The maximum atomic E-state index is 13.4. The van der Waals surface area contributed by atoms with E-state index in [4.69, 9.17) is 0 Å². The maximum absolute atomic E-state index is 13.4. The molecule has 1 saturated carbocycles. The molecule has 0 aliphatic heterocycles. The lowest BCUT2D eigenvalue weighted by molar-refractivity contribution is 0.212. The molecule has 1 aliphatic carbocycles. The van der Waals surface area contributed by atoms with Crippen LogP contribution in [0.5, 0.6) is 0 Å². The minimum absolute atomic E-state index is 0.145. The molecule has 1 aromatic rings. The molecular weight excluding hydrogens is 317 g/mol. The number of rotatable bonds is 5. The van der Waals surface area contributed by atoms with Crippen LogP contribution in [0.1, 0.15) is 44.6 Å². The van der Waals surface area contributed by atoms with Gasteiger partial charge in [-0.05, 0) is 61.9 Å². The normalized spacial score (nSPS) is 24.6. The first-order valence-corrected chi connectivity index (χ1v) is 8.54. The summed E-state index contributed by atoms with van der Waals surface area (Å²) >= 11 is 3.54. The van der Waals surface area contributed by atoms with Gasteiger partial charge in [0.1, 0.15) is 5.82 Å². The monoisotopic (exact) mass is 341 g/mol. The van der Waals surface area contributed by atoms with Crippen molar-refractivity contribution < 1.29 is 4.39 Å². The molecule has 1 aromatic carbocycles. The van der Waals surface area contributed by atoms with Crippen LogP contribution >= 0.6 is 15.9 Å². The highest BCUT2D eigenvalue weighted by molar-refractivity contribution is 9.10. The molecule has 0 spiro atoms. The smallest absolute Gasteiger partial charge is 0.123 e. The second-order valence-electron chi connectivity index (χ2n) is 6.04. The van der Waals surface area contributed by atoms with Crippen molar-refractivity contribution in [3.63, 3.8) is 0 Å². The predicted octanol–water partition coefficient (Wildman–Crippen LogP) is 4.94. The molecule has 1 N–H and O–H groups in total. The number of benzene rings is 1. The van der Waals surface area contributed by atoms with Crippen molar-refractivity contribution in [1.82, 2.24) is 5.32 Å². The fourth-order valence-corrected chi connectivity index (χ4v) is 3.92. The van der Waals surface area contributed by atoms with Gasteiger partial charge >= 0.3 is 0 Å². The molecule has 0 aromatic heterocycles. The first kappa shape index (κ1) is 16.0. The number of nitrogens with one attached hydrogen (secondary N) is 1. The third-order valence-corrected chi connectivity index (χ3v) is 5.56. The molecule has 0 amide bonds. The minimum atomic E-state index is -0.145. The molecule has 3 heteroatoms. The Kier molecular flexibility index (Phi) is 6.03. The highest BCUT2D eigenvalue weighted by Crippen LogP contribution is 2.34. The summed E-state index contributed by atoms with van der Waals surface area (Å²) in [6.07, 6.45) is 7.52. The van der Waals surface area contributed by atoms with E-state index >= 15 is 0 Å². The topological polar surface area (TPSA) is 12.0 Å². The van der Waals surface area contributed by atoms with E-state index in [1.807, 2.05) is 13.1 Å². The third-order valence-electron chi connectivity index (χ3n) is 4.79. The summed E-state index contributed by atoms with van der Waals surface area (Å²) in [7, 11) is 2.04. The summed E-state index contributed by atoms with van der Waals surface area (Å²) in [4.78, 5) is 0. The van der Waals surface area contributed by atoms with Gasteiger partial charge in [-0.25, -0.2) is 4.39 Å². The van der Waals surface area contributed by atoms with Crippen molar-refractivity contribution in [3.05, 3.63) is 34.1 Å². The van der Waals surface area contributed by atoms with Crippen LogP contribution in [0, 0.1) is 17.7 Å². The van der Waals surface area contributed by atoms with Crippen molar-refractivity contribution in [1.29, 1.82) is 0 Å². The standard InChI is InChI=1S/C17H25BrFN/c1-3-12-5-4-6-13(9-12)17(20-2)11-14-10-15(19)7-8-16(14)18/h7-8,10,12-13,17,20H,3-6,9,11H2,1-2H3. The van der Waals surface area contributed by atoms with Gasteiger partial charge in [0, 0.05) is 10.5 Å². The fraction of sp³-hybridized carbons (Fsp3) is 0.647. The van der Waals surface area contributed by atoms with Crippen molar-refractivity contribution in [2.24, 2.45) is 11.8 Å². The zero-order valence-electron chi connectivity index (χ0n) is 12.5. The number of halogens is 2. The highest BCUT2D eigenvalue weighted by atomic mass is 79.9. The quantitative estimate of drug-likeness (QED) is 0.800. The summed E-state index contributed by atoms with van der Waals surface area (Å²) in [6, 6.07) is 5.43. The molecule has 2 rings (SSSR count). The van der Waals surface area contributed by atoms with E-state index in [-0.39, 0.29) is 5.82 Å². The van der Waals surface area contributed by atoms with Gasteiger partial charge < -0.3 is 5.32 Å². The van der Waals surface area contributed by atoms with Crippen molar-refractivity contribution in [2.45, 2.75) is 51.5 Å². The van der Waals surface area contributed by atoms with Crippen LogP contribution < -0.4 is 5.32 Å². The van der Waals surface area contributed by atoms with Crippen LogP contribution in [0.3, 0.4) is 0 Å². The summed E-state index contributed by atoms with van der Waals surface area (Å²) < 4.78 is 14.4. The highest BCUT2D eigenvalue weighted by Gasteiger charge is 2.27. The third kappa shape index (κ3) is 4.05. The Bertz CT molecular complexity index is 435. The van der Waals surface area contributed by atoms with Crippen LogP contribution in [0.2, 0.25) is 0 Å². The molecule has 0 bridgehead atoms. The van der Waals surface area contributed by atoms with Crippen molar-refractivity contribution in [3.8, 4) is 0 Å². The van der Waals surface area contributed by atoms with Gasteiger partial charge in [-0.2, -0.15) is 0 Å². The molecule has 112 valence electrons. The van der Waals surface area contributed by atoms with Crippen LogP contribution in [-0.2, 0) is 6.42 Å². The molecule has 20 heavy (non-hydrogen) atoms. The average Bonchev–Trinajstić information content (AvgIpc) is 2.48. The van der Waals surface area contributed by atoms with Gasteiger partial charge in [0.05, 0.1) is 0 Å². The molecule has 0 heterocycles. The number of hydrogen-bond donors (Lipinski definition) is 1. The van der Waals surface area contributed by atoms with E-state index in [1.165, 1.54) is 38.2 Å². The summed E-state index contributed by atoms with van der Waals surface area (Å²) in [6.45, 7) is 2.30. The van der Waals surface area contributed by atoms with E-state index in [2.05, 4.69) is 28.2 Å². The molecule has 0 saturated heterocycles. The van der Waals surface area contributed by atoms with Crippen LogP contribution in [-0.4, -0.2) is 13.1 Å². The van der Waals surface area contributed by atoms with Gasteiger partial charge in [-0.1, -0.05) is 42.1 Å². The lowest BCUT2D eigenvalue weighted by Crippen LogP contribution is -2.38. The Morgan fingerprint density at radius 1 is 1.40 bits per heavy atom. The Hall–Kier alpha value is -0.410. The Morgan fingerprint density at radius 3 is 2.90 bits per heavy atom. The largest absolute Gasteiger partial charge is 0.316 e. The first-order valence-electron chi connectivity index (χ1n) is 7.75. The molecular formula is C17H25BrFN. The molecule has 1 fully saturated rings. The van der Waals surface area contributed by atoms with E-state index in [0.29, 0.717) is 12.0 Å². The summed E-state index contributed by atoms with van der Waals surface area (Å²) in [5.74, 6) is 1.45. The van der Waals surface area contributed by atoms with Crippen molar-refractivity contribution >= 4 is 15.9 Å². The molecule has 3 atom stereocenters. The zero-order chi connectivity index (χ0) is 14.5. The molecule has 3 unspecified atom stereocenters. The fourth-order valence-electron chi connectivity index (χ4n) is 3.51. The van der Waals surface area contributed by atoms with E-state index in [9.17, 15) is 4.39 Å². The summed E-state index contributed by atoms with van der Waals surface area (Å²) in [5, 5.41) is 3.47. The Balaban J connectivity index is 2.06. The lowest BCUT2D eigenvalue weighted by atomic mass is 9.75. The zero-order valence-corrected chi connectivity index (χ0v) is 14.0. The van der Waals surface area contributed by atoms with Gasteiger partial charge in [-0.15, -0.1) is 0 Å². The van der Waals surface area contributed by atoms with Crippen molar-refractivity contribution in [2.75, 3.05) is 7.05 Å². The second-order valence-corrected chi connectivity index (χ2v) is 6.89. The second kappa shape index (κ2) is 7.56. The van der Waals surface area contributed by atoms with Crippen LogP contribution in [0.4, 0.5) is 4.39 Å². The SMILES string of the molecule is CCC1CCCC(C(Cc2cc(F)ccc2Br)NC)C1. The average molecular weight is 342 g/mol. The van der Waals surface area contributed by atoms with E-state index < -0.39 is 0 Å². The molecule has 1 nitrogen and oxygen atoms in total. The number of hydrogen-bond acceptors (Lipinski definition) is 1. The maximum Gasteiger partial charge on any atom is 0.123 e. The predicted molar refractivity (Wildman–Crippen MR) is 86.4 cm³/mol. The minimum Gasteiger partial charge on any atom is -0.316 e. The van der Waals surface area contributed by atoms with Gasteiger partial charge in [-0.3, -0.25) is 0 Å². The summed E-state index contributed by atoms with van der Waals surface area (Å²) in [5.41, 5.74) is 1.07. The van der Waals surface area contributed by atoms with Gasteiger partial charge in [0.2, 0.25) is 0 Å². The van der Waals surface area contributed by atoms with Gasteiger partial charge in [0.25, 0.3) is 0 Å². The van der Waals surface area contributed by atoms with Crippen LogP contribution in [0.15, 0.2) is 22.7 Å². The lowest BCUT2D eigenvalue weighted by Gasteiger charge is -2.34. The Labute approximate surface area is 130 Å². The van der Waals surface area contributed by atoms with Gasteiger partial charge in [0.15, 0.2) is 0 Å². The van der Waals surface area contributed by atoms with Crippen LogP contribution in [0.25, 0.3) is 0 Å². The molecule has 1 aliphatic rings.